The van der Waals surface area contributed by atoms with Crippen molar-refractivity contribution in [3.05, 3.63) is 23.8 Å². The second-order valence-electron chi connectivity index (χ2n) is 6.56. The molecule has 2 aliphatic rings. The largest absolute Gasteiger partial charge is 0.374 e. The van der Waals surface area contributed by atoms with Gasteiger partial charge in [0.2, 0.25) is 10.0 Å². The maximum absolute atomic E-state index is 13.0. The third-order valence-electron chi connectivity index (χ3n) is 4.87. The highest BCUT2D eigenvalue weighted by atomic mass is 32.2. The van der Waals surface area contributed by atoms with E-state index in [0.29, 0.717) is 11.4 Å². The summed E-state index contributed by atoms with van der Waals surface area (Å²) in [7, 11) is -1.42. The van der Waals surface area contributed by atoms with Crippen LogP contribution < -0.4 is 10.6 Å². The number of benzene rings is 1. The summed E-state index contributed by atoms with van der Waals surface area (Å²) in [6.45, 7) is 3.43. The Kier molecular flexibility index (Phi) is 4.18. The average molecular weight is 323 g/mol. The maximum atomic E-state index is 13.0. The van der Waals surface area contributed by atoms with Crippen LogP contribution in [-0.2, 0) is 16.4 Å². The number of fused-ring (bicyclic) bond motifs is 1. The zero-order valence-corrected chi connectivity index (χ0v) is 14.1. The van der Waals surface area contributed by atoms with Crippen molar-refractivity contribution in [1.29, 1.82) is 0 Å². The fraction of sp³-hybridized carbons (Fsp3) is 0.625. The van der Waals surface area contributed by atoms with E-state index in [1.165, 1.54) is 5.56 Å². The van der Waals surface area contributed by atoms with Crippen molar-refractivity contribution in [2.45, 2.75) is 49.6 Å². The molecule has 2 N–H and O–H groups in total. The predicted molar refractivity (Wildman–Crippen MR) is 88.6 cm³/mol. The van der Waals surface area contributed by atoms with Crippen molar-refractivity contribution in [2.24, 2.45) is 5.73 Å². The third-order valence-corrected chi connectivity index (χ3v) is 6.88. The van der Waals surface area contributed by atoms with Crippen LogP contribution in [-0.4, -0.2) is 44.9 Å². The molecular weight excluding hydrogens is 298 g/mol. The van der Waals surface area contributed by atoms with Gasteiger partial charge >= 0.3 is 0 Å². The minimum absolute atomic E-state index is 0.0393. The van der Waals surface area contributed by atoms with E-state index in [4.69, 9.17) is 5.73 Å². The Balaban J connectivity index is 1.94. The summed E-state index contributed by atoms with van der Waals surface area (Å²) in [5.41, 5.74) is 8.24. The van der Waals surface area contributed by atoms with Gasteiger partial charge < -0.3 is 10.6 Å². The molecule has 0 radical (unpaired) electrons. The number of sulfonamides is 1. The first-order valence-corrected chi connectivity index (χ1v) is 9.45. The summed E-state index contributed by atoms with van der Waals surface area (Å²) in [5.74, 6) is 0. The van der Waals surface area contributed by atoms with Crippen LogP contribution in [0, 0.1) is 0 Å². The van der Waals surface area contributed by atoms with Gasteiger partial charge in [0.25, 0.3) is 0 Å². The van der Waals surface area contributed by atoms with Gasteiger partial charge in [-0.3, -0.25) is 0 Å². The molecule has 0 unspecified atom stereocenters. The maximum Gasteiger partial charge on any atom is 0.243 e. The molecule has 5 nitrogen and oxygen atoms in total. The Morgan fingerprint density at radius 1 is 1.27 bits per heavy atom. The van der Waals surface area contributed by atoms with Gasteiger partial charge in [-0.2, -0.15) is 4.31 Å². The molecule has 1 saturated heterocycles. The minimum atomic E-state index is -3.44. The highest BCUT2D eigenvalue weighted by molar-refractivity contribution is 7.89. The topological polar surface area (TPSA) is 66.6 Å². The van der Waals surface area contributed by atoms with E-state index in [-0.39, 0.29) is 12.1 Å². The van der Waals surface area contributed by atoms with Crippen molar-refractivity contribution in [3.63, 3.8) is 0 Å². The van der Waals surface area contributed by atoms with Crippen LogP contribution in [0.4, 0.5) is 5.69 Å². The molecule has 6 heteroatoms. The Labute approximate surface area is 133 Å². The predicted octanol–water partition coefficient (Wildman–Crippen LogP) is 1.57. The zero-order valence-electron chi connectivity index (χ0n) is 13.3. The zero-order chi connectivity index (χ0) is 15.9. The first-order chi connectivity index (χ1) is 10.4. The number of nitrogens with zero attached hydrogens (tertiary/aromatic N) is 2. The smallest absolute Gasteiger partial charge is 0.243 e. The van der Waals surface area contributed by atoms with Crippen LogP contribution in [0.15, 0.2) is 23.1 Å². The summed E-state index contributed by atoms with van der Waals surface area (Å²) in [4.78, 5) is 2.55. The summed E-state index contributed by atoms with van der Waals surface area (Å²) in [6, 6.07) is 5.64. The monoisotopic (exact) mass is 323 g/mol. The molecule has 122 valence electrons. The normalized spacial score (nSPS) is 26.8. The van der Waals surface area contributed by atoms with E-state index in [1.807, 2.05) is 26.1 Å². The lowest BCUT2D eigenvalue weighted by molar-refractivity contribution is 0.247. The number of anilines is 1. The number of hydrogen-bond acceptors (Lipinski definition) is 4. The SMILES string of the molecule is C[C@@H]1C[C@H](N)CCN1S(=O)(=O)c1ccc2c(c1)N(C)CCC2. The van der Waals surface area contributed by atoms with Gasteiger partial charge in [-0.1, -0.05) is 6.07 Å². The first-order valence-electron chi connectivity index (χ1n) is 8.01. The number of piperidine rings is 1. The van der Waals surface area contributed by atoms with E-state index in [1.54, 1.807) is 10.4 Å². The van der Waals surface area contributed by atoms with Crippen molar-refractivity contribution in [2.75, 3.05) is 25.0 Å². The van der Waals surface area contributed by atoms with Crippen LogP contribution in [0.3, 0.4) is 0 Å². The summed E-state index contributed by atoms with van der Waals surface area (Å²) < 4.78 is 27.5. The second-order valence-corrected chi connectivity index (χ2v) is 8.46. The molecule has 0 amide bonds. The van der Waals surface area contributed by atoms with Gasteiger partial charge in [0.05, 0.1) is 4.90 Å². The van der Waals surface area contributed by atoms with Crippen LogP contribution in [0.25, 0.3) is 0 Å². The Bertz CT molecular complexity index is 659. The quantitative estimate of drug-likeness (QED) is 0.897. The molecule has 0 aliphatic carbocycles. The van der Waals surface area contributed by atoms with Crippen molar-refractivity contribution < 1.29 is 8.42 Å². The lowest BCUT2D eigenvalue weighted by Crippen LogP contribution is -2.48. The van der Waals surface area contributed by atoms with Crippen LogP contribution in [0.5, 0.6) is 0 Å². The third kappa shape index (κ3) is 2.75. The fourth-order valence-electron chi connectivity index (χ4n) is 3.58. The van der Waals surface area contributed by atoms with Gasteiger partial charge in [-0.25, -0.2) is 8.42 Å². The molecule has 2 aliphatic heterocycles. The Morgan fingerprint density at radius 2 is 2.05 bits per heavy atom. The van der Waals surface area contributed by atoms with Gasteiger partial charge in [-0.05, 0) is 50.3 Å². The molecule has 0 bridgehead atoms. The number of rotatable bonds is 2. The molecule has 0 spiro atoms. The van der Waals surface area contributed by atoms with Gasteiger partial charge in [-0.15, -0.1) is 0 Å². The van der Waals surface area contributed by atoms with E-state index in [0.717, 1.165) is 37.9 Å². The molecule has 2 atom stereocenters. The summed E-state index contributed by atoms with van der Waals surface area (Å²) >= 11 is 0. The summed E-state index contributed by atoms with van der Waals surface area (Å²) in [6.07, 6.45) is 3.60. The van der Waals surface area contributed by atoms with Crippen molar-refractivity contribution >= 4 is 15.7 Å². The van der Waals surface area contributed by atoms with Gasteiger partial charge in [0.1, 0.15) is 0 Å². The standard InChI is InChI=1S/C16H25N3O2S/c1-12-10-14(17)7-9-19(12)22(20,21)15-6-5-13-4-3-8-18(2)16(13)11-15/h5-6,11-12,14H,3-4,7-10,17H2,1-2H3/t12-,14-/m1/s1. The van der Waals surface area contributed by atoms with Crippen LogP contribution >= 0.6 is 0 Å². The van der Waals surface area contributed by atoms with Crippen molar-refractivity contribution in [1.82, 2.24) is 4.31 Å². The Hall–Kier alpha value is -1.11. The van der Waals surface area contributed by atoms with Gasteiger partial charge in [0, 0.05) is 37.9 Å². The molecule has 3 rings (SSSR count). The number of aryl methyl sites for hydroxylation is 1. The van der Waals surface area contributed by atoms with Crippen molar-refractivity contribution in [3.8, 4) is 0 Å². The van der Waals surface area contributed by atoms with Gasteiger partial charge in [0.15, 0.2) is 0 Å². The van der Waals surface area contributed by atoms with E-state index < -0.39 is 10.0 Å². The highest BCUT2D eigenvalue weighted by Gasteiger charge is 2.34. The molecule has 0 aromatic heterocycles. The molecular formula is C16H25N3O2S. The van der Waals surface area contributed by atoms with E-state index >= 15 is 0 Å². The lowest BCUT2D eigenvalue weighted by Gasteiger charge is -2.35. The first kappa shape index (κ1) is 15.8. The molecule has 1 fully saturated rings. The molecule has 1 aromatic rings. The average Bonchev–Trinajstić information content (AvgIpc) is 2.47. The summed E-state index contributed by atoms with van der Waals surface area (Å²) in [5, 5.41) is 0. The molecule has 22 heavy (non-hydrogen) atoms. The Morgan fingerprint density at radius 3 is 2.77 bits per heavy atom. The van der Waals surface area contributed by atoms with E-state index in [9.17, 15) is 8.42 Å². The highest BCUT2D eigenvalue weighted by Crippen LogP contribution is 2.31. The fourth-order valence-corrected chi connectivity index (χ4v) is 5.25. The minimum Gasteiger partial charge on any atom is -0.374 e. The molecule has 2 heterocycles. The second kappa shape index (κ2) is 5.83. The van der Waals surface area contributed by atoms with Crippen LogP contribution in [0.2, 0.25) is 0 Å². The van der Waals surface area contributed by atoms with E-state index in [2.05, 4.69) is 4.90 Å². The molecule has 1 aromatic carbocycles. The lowest BCUT2D eigenvalue weighted by atomic mass is 10.0. The molecule has 0 saturated carbocycles. The number of nitrogens with two attached hydrogens (primary N) is 1. The number of hydrogen-bond donors (Lipinski definition) is 1. The van der Waals surface area contributed by atoms with Crippen LogP contribution in [0.1, 0.15) is 31.7 Å².